The van der Waals surface area contributed by atoms with Crippen molar-refractivity contribution in [1.29, 1.82) is 0 Å². The number of aromatic nitrogens is 2. The van der Waals surface area contributed by atoms with Gasteiger partial charge in [0, 0.05) is 25.2 Å². The first-order valence-electron chi connectivity index (χ1n) is 7.28. The Bertz CT molecular complexity index is 848. The van der Waals surface area contributed by atoms with Crippen molar-refractivity contribution in [3.63, 3.8) is 0 Å². The topological polar surface area (TPSA) is 102 Å². The number of nitro benzene ring substituents is 1. The van der Waals surface area contributed by atoms with Crippen molar-refractivity contribution in [3.05, 3.63) is 56.0 Å². The van der Waals surface area contributed by atoms with Gasteiger partial charge >= 0.3 is 0 Å². The smallest absolute Gasteiger partial charge is 0.292 e. The van der Waals surface area contributed by atoms with Gasteiger partial charge in [-0.05, 0) is 25.5 Å². The summed E-state index contributed by atoms with van der Waals surface area (Å²) in [4.78, 5) is 24.5. The Morgan fingerprint density at radius 1 is 1.38 bits per heavy atom. The predicted octanol–water partition coefficient (Wildman–Crippen LogP) is 1.76. The molecule has 1 N–H and O–H groups in total. The summed E-state index contributed by atoms with van der Waals surface area (Å²) < 4.78 is 1.09. The zero-order valence-corrected chi connectivity index (χ0v) is 13.6. The fourth-order valence-corrected chi connectivity index (χ4v) is 2.94. The lowest BCUT2D eigenvalue weighted by Gasteiger charge is -2.21. The van der Waals surface area contributed by atoms with Crippen LogP contribution in [0.1, 0.15) is 13.3 Å². The molecule has 1 atom stereocenters. The first-order valence-corrected chi connectivity index (χ1v) is 7.66. The van der Waals surface area contributed by atoms with E-state index >= 15 is 0 Å². The fourth-order valence-electron chi connectivity index (χ4n) is 2.69. The largest absolute Gasteiger partial charge is 0.388 e. The Morgan fingerprint density at radius 2 is 2.04 bits per heavy atom. The Kier molecular flexibility index (Phi) is 4.02. The minimum Gasteiger partial charge on any atom is -0.388 e. The SMILES string of the molecule is CC1(O)CCN(c2cnn(-c3ccc([N+](=O)[O-])cc3)c(=O)c2Cl)C1. The molecule has 3 rings (SSSR count). The summed E-state index contributed by atoms with van der Waals surface area (Å²) in [7, 11) is 0. The quantitative estimate of drug-likeness (QED) is 0.668. The van der Waals surface area contributed by atoms with Gasteiger partial charge in [0.25, 0.3) is 11.2 Å². The van der Waals surface area contributed by atoms with Gasteiger partial charge in [-0.2, -0.15) is 9.78 Å². The van der Waals surface area contributed by atoms with Gasteiger partial charge < -0.3 is 10.0 Å². The summed E-state index contributed by atoms with van der Waals surface area (Å²) in [5.74, 6) is 0. The second-order valence-electron chi connectivity index (χ2n) is 6.00. The van der Waals surface area contributed by atoms with Gasteiger partial charge in [0.15, 0.2) is 0 Å². The molecule has 1 saturated heterocycles. The molecule has 1 aromatic heterocycles. The van der Waals surface area contributed by atoms with Crippen LogP contribution in [0, 0.1) is 10.1 Å². The molecular formula is C15H15ClN4O4. The lowest BCUT2D eigenvalue weighted by molar-refractivity contribution is -0.384. The van der Waals surface area contributed by atoms with E-state index in [0.29, 0.717) is 30.9 Å². The minimum absolute atomic E-state index is 0.000975. The zero-order chi connectivity index (χ0) is 17.5. The highest BCUT2D eigenvalue weighted by molar-refractivity contribution is 6.33. The molecule has 1 aliphatic heterocycles. The van der Waals surface area contributed by atoms with Crippen LogP contribution >= 0.6 is 11.6 Å². The summed E-state index contributed by atoms with van der Waals surface area (Å²) in [6.45, 7) is 2.68. The molecule has 0 spiro atoms. The van der Waals surface area contributed by atoms with E-state index in [4.69, 9.17) is 11.6 Å². The average molecular weight is 351 g/mol. The first-order chi connectivity index (χ1) is 11.3. The predicted molar refractivity (Wildman–Crippen MR) is 89.0 cm³/mol. The van der Waals surface area contributed by atoms with Crippen molar-refractivity contribution >= 4 is 23.0 Å². The summed E-state index contributed by atoms with van der Waals surface area (Å²) in [6, 6.07) is 5.46. The molecule has 1 fully saturated rings. The van der Waals surface area contributed by atoms with Crippen molar-refractivity contribution in [2.45, 2.75) is 18.9 Å². The number of non-ortho nitro benzene ring substituents is 1. The Labute approximate surface area is 142 Å². The standard InChI is InChI=1S/C15H15ClN4O4/c1-15(22)6-7-18(9-15)12-8-17-19(14(21)13(12)16)10-2-4-11(5-3-10)20(23)24/h2-5,8,22H,6-7,9H2,1H3. The lowest BCUT2D eigenvalue weighted by atomic mass is 10.1. The molecule has 0 bridgehead atoms. The third-order valence-electron chi connectivity index (χ3n) is 4.00. The fraction of sp³-hybridized carbons (Fsp3) is 0.333. The minimum atomic E-state index is -0.823. The van der Waals surface area contributed by atoms with Crippen LogP contribution < -0.4 is 10.5 Å². The van der Waals surface area contributed by atoms with Crippen molar-refractivity contribution in [2.75, 3.05) is 18.0 Å². The molecule has 24 heavy (non-hydrogen) atoms. The highest BCUT2D eigenvalue weighted by Gasteiger charge is 2.33. The van der Waals surface area contributed by atoms with Gasteiger partial charge in [0.05, 0.1) is 28.1 Å². The first kappa shape index (κ1) is 16.4. The average Bonchev–Trinajstić information content (AvgIpc) is 2.90. The molecule has 0 radical (unpaired) electrons. The molecule has 9 heteroatoms. The van der Waals surface area contributed by atoms with Gasteiger partial charge in [0.1, 0.15) is 5.02 Å². The van der Waals surface area contributed by atoms with Crippen molar-refractivity contribution in [3.8, 4) is 5.69 Å². The zero-order valence-electron chi connectivity index (χ0n) is 12.8. The highest BCUT2D eigenvalue weighted by atomic mass is 35.5. The maximum absolute atomic E-state index is 12.5. The van der Waals surface area contributed by atoms with Crippen LogP contribution in [-0.4, -0.2) is 38.5 Å². The molecule has 1 unspecified atom stereocenters. The lowest BCUT2D eigenvalue weighted by Crippen LogP contribution is -2.31. The molecule has 1 aromatic carbocycles. The van der Waals surface area contributed by atoms with Crippen LogP contribution in [0.25, 0.3) is 5.69 Å². The van der Waals surface area contributed by atoms with Gasteiger partial charge in [-0.3, -0.25) is 14.9 Å². The number of aliphatic hydroxyl groups is 1. The summed E-state index contributed by atoms with van der Waals surface area (Å²) >= 11 is 6.20. The highest BCUT2D eigenvalue weighted by Crippen LogP contribution is 2.29. The summed E-state index contributed by atoms with van der Waals surface area (Å²) in [5, 5.41) is 24.8. The number of nitrogens with zero attached hydrogens (tertiary/aromatic N) is 4. The van der Waals surface area contributed by atoms with Crippen LogP contribution in [0.4, 0.5) is 11.4 Å². The Hall–Kier alpha value is -2.45. The summed E-state index contributed by atoms with van der Waals surface area (Å²) in [5.41, 5.74) is -0.565. The van der Waals surface area contributed by atoms with Crippen molar-refractivity contribution < 1.29 is 10.0 Å². The van der Waals surface area contributed by atoms with E-state index in [1.807, 2.05) is 4.90 Å². The van der Waals surface area contributed by atoms with E-state index in [2.05, 4.69) is 5.10 Å². The molecular weight excluding hydrogens is 336 g/mol. The van der Waals surface area contributed by atoms with E-state index in [0.717, 1.165) is 4.68 Å². The maximum Gasteiger partial charge on any atom is 0.292 e. The molecule has 1 aliphatic rings. The van der Waals surface area contributed by atoms with E-state index < -0.39 is 16.1 Å². The number of hydrogen-bond donors (Lipinski definition) is 1. The molecule has 0 amide bonds. The van der Waals surface area contributed by atoms with Crippen LogP contribution in [0.15, 0.2) is 35.3 Å². The number of hydrogen-bond acceptors (Lipinski definition) is 6. The number of halogens is 1. The van der Waals surface area contributed by atoms with Gasteiger partial charge in [-0.25, -0.2) is 0 Å². The number of rotatable bonds is 3. The van der Waals surface area contributed by atoms with Crippen LogP contribution in [0.5, 0.6) is 0 Å². The molecule has 8 nitrogen and oxygen atoms in total. The molecule has 0 aliphatic carbocycles. The monoisotopic (exact) mass is 350 g/mol. The Morgan fingerprint density at radius 3 is 2.58 bits per heavy atom. The Balaban J connectivity index is 1.96. The third-order valence-corrected chi connectivity index (χ3v) is 4.35. The molecule has 126 valence electrons. The van der Waals surface area contributed by atoms with Gasteiger partial charge in [-0.1, -0.05) is 11.6 Å². The third kappa shape index (κ3) is 2.98. The van der Waals surface area contributed by atoms with Crippen LogP contribution in [-0.2, 0) is 0 Å². The molecule has 0 saturated carbocycles. The van der Waals surface area contributed by atoms with E-state index in [9.17, 15) is 20.0 Å². The summed E-state index contributed by atoms with van der Waals surface area (Å²) in [6.07, 6.45) is 2.04. The van der Waals surface area contributed by atoms with Crippen molar-refractivity contribution in [2.24, 2.45) is 0 Å². The van der Waals surface area contributed by atoms with Gasteiger partial charge in [-0.15, -0.1) is 0 Å². The van der Waals surface area contributed by atoms with Crippen LogP contribution in [0.3, 0.4) is 0 Å². The van der Waals surface area contributed by atoms with E-state index in [1.165, 1.54) is 30.5 Å². The number of anilines is 1. The van der Waals surface area contributed by atoms with Crippen molar-refractivity contribution in [1.82, 2.24) is 9.78 Å². The molecule has 2 aromatic rings. The van der Waals surface area contributed by atoms with Crippen LogP contribution in [0.2, 0.25) is 5.02 Å². The number of benzene rings is 1. The van der Waals surface area contributed by atoms with Gasteiger partial charge in [0.2, 0.25) is 0 Å². The second kappa shape index (κ2) is 5.88. The second-order valence-corrected chi connectivity index (χ2v) is 6.38. The normalized spacial score (nSPS) is 20.4. The molecule has 2 heterocycles. The number of β-amino-alcohol motifs (C(OH)–C–C–N with tert-alkyl or cyclic N) is 1. The van der Waals surface area contributed by atoms with E-state index in [-0.39, 0.29) is 10.7 Å². The van der Waals surface area contributed by atoms with E-state index in [1.54, 1.807) is 6.92 Å². The number of nitro groups is 1. The maximum atomic E-state index is 12.5.